The molecule has 0 spiro atoms. The highest BCUT2D eigenvalue weighted by Crippen LogP contribution is 2.45. The van der Waals surface area contributed by atoms with Gasteiger partial charge in [-0.05, 0) is 37.5 Å². The molecule has 0 saturated heterocycles. The van der Waals surface area contributed by atoms with Gasteiger partial charge in [-0.25, -0.2) is 9.13 Å². The predicted molar refractivity (Wildman–Crippen MR) is 391 cm³/mol. The van der Waals surface area contributed by atoms with Gasteiger partial charge in [0.2, 0.25) is 0 Å². The molecule has 0 aliphatic heterocycles. The topological polar surface area (TPSA) is 237 Å². The molecular formula is C77H150O17P2. The number of unbranched alkanes of at least 4 members (excludes halogenated alkanes) is 46. The SMILES string of the molecule is CCCCCCCCCCCCCCCCCCCC(=O)OC[C@H](COP(=O)(O)OC[C@@H](O)COP(=O)(O)OC[C@@H](COC(=O)CCCCCCCCCCC)OC(=O)CCCCCCCCCCCCC(C)C)OC(=O)CCCCCCCCCCCCCCCCC(C)C. The fourth-order valence-electron chi connectivity index (χ4n) is 11.8. The number of ether oxygens (including phenoxy) is 4. The minimum atomic E-state index is -4.96. The summed E-state index contributed by atoms with van der Waals surface area (Å²) in [4.78, 5) is 72.8. The second-order valence-corrected chi connectivity index (χ2v) is 31.6. The molecule has 2 unspecified atom stereocenters. The largest absolute Gasteiger partial charge is 0.472 e. The zero-order valence-corrected chi connectivity index (χ0v) is 64.5. The van der Waals surface area contributed by atoms with Crippen LogP contribution in [-0.2, 0) is 65.4 Å². The van der Waals surface area contributed by atoms with Crippen molar-refractivity contribution in [1.82, 2.24) is 0 Å². The number of hydrogen-bond donors (Lipinski definition) is 3. The summed E-state index contributed by atoms with van der Waals surface area (Å²) in [6.07, 6.45) is 56.8. The molecule has 0 aliphatic carbocycles. The molecule has 0 aromatic rings. The molecule has 0 radical (unpaired) electrons. The standard InChI is InChI=1S/C77H150O17P2/c1-7-9-11-13-15-17-18-19-20-21-22-26-29-36-42-48-54-60-75(80)88-66-73(93-76(81)61-55-49-43-37-30-27-24-23-25-28-34-39-45-51-57-69(3)4)68-92-96(85,86)90-64-71(78)63-89-95(83,84)91-67-72(65-87-74(79)59-53-47-41-33-16-14-12-10-8-2)94-77(82)62-56-50-44-38-32-31-35-40-46-52-58-70(5)6/h69-73,78H,7-68H2,1-6H3,(H,83,84)(H,85,86)/t71-,72+,73+/m0/s1. The third-order valence-corrected chi connectivity index (χ3v) is 19.9. The number of aliphatic hydroxyl groups excluding tert-OH is 1. The predicted octanol–water partition coefficient (Wildman–Crippen LogP) is 22.7. The maximum Gasteiger partial charge on any atom is 0.472 e. The van der Waals surface area contributed by atoms with Crippen LogP contribution in [-0.4, -0.2) is 96.7 Å². The monoisotopic (exact) mass is 1410 g/mol. The summed E-state index contributed by atoms with van der Waals surface area (Å²) >= 11 is 0. The van der Waals surface area contributed by atoms with Crippen molar-refractivity contribution in [2.24, 2.45) is 11.8 Å². The summed E-state index contributed by atoms with van der Waals surface area (Å²) in [5, 5.41) is 10.6. The summed E-state index contributed by atoms with van der Waals surface area (Å²) in [6, 6.07) is 0. The van der Waals surface area contributed by atoms with Crippen molar-refractivity contribution in [3.63, 3.8) is 0 Å². The first-order valence-corrected chi connectivity index (χ1v) is 43.0. The van der Waals surface area contributed by atoms with E-state index in [0.29, 0.717) is 25.7 Å². The summed E-state index contributed by atoms with van der Waals surface area (Å²) in [6.45, 7) is 9.60. The molecule has 96 heavy (non-hydrogen) atoms. The molecule has 0 aromatic carbocycles. The Hall–Kier alpha value is -1.94. The quantitative estimate of drug-likeness (QED) is 0.0222. The van der Waals surface area contributed by atoms with E-state index in [0.717, 1.165) is 102 Å². The van der Waals surface area contributed by atoms with Crippen molar-refractivity contribution in [3.05, 3.63) is 0 Å². The van der Waals surface area contributed by atoms with Crippen LogP contribution in [0.3, 0.4) is 0 Å². The second-order valence-electron chi connectivity index (χ2n) is 28.7. The molecule has 19 heteroatoms. The number of aliphatic hydroxyl groups is 1. The van der Waals surface area contributed by atoms with Gasteiger partial charge in [0, 0.05) is 25.7 Å². The molecule has 17 nitrogen and oxygen atoms in total. The fourth-order valence-corrected chi connectivity index (χ4v) is 13.4. The van der Waals surface area contributed by atoms with Crippen molar-refractivity contribution in [2.45, 2.75) is 419 Å². The van der Waals surface area contributed by atoms with Crippen LogP contribution < -0.4 is 0 Å². The molecule has 0 rings (SSSR count). The zero-order chi connectivity index (χ0) is 70.7. The van der Waals surface area contributed by atoms with E-state index in [1.807, 2.05) is 0 Å². The summed E-state index contributed by atoms with van der Waals surface area (Å²) in [5.41, 5.74) is 0. The number of rotatable bonds is 76. The van der Waals surface area contributed by atoms with Gasteiger partial charge in [-0.15, -0.1) is 0 Å². The van der Waals surface area contributed by atoms with Gasteiger partial charge in [-0.3, -0.25) is 37.3 Å². The van der Waals surface area contributed by atoms with Gasteiger partial charge in [0.15, 0.2) is 12.2 Å². The molecule has 5 atom stereocenters. The van der Waals surface area contributed by atoms with Gasteiger partial charge in [0.05, 0.1) is 26.4 Å². The van der Waals surface area contributed by atoms with Crippen LogP contribution in [0.25, 0.3) is 0 Å². The highest BCUT2D eigenvalue weighted by molar-refractivity contribution is 7.47. The number of phosphoric ester groups is 2. The Morgan fingerprint density at radius 3 is 0.708 bits per heavy atom. The van der Waals surface area contributed by atoms with Crippen LogP contribution in [0.1, 0.15) is 401 Å². The van der Waals surface area contributed by atoms with E-state index >= 15 is 0 Å². The summed E-state index contributed by atoms with van der Waals surface area (Å²) < 4.78 is 68.5. The first-order chi connectivity index (χ1) is 46.4. The Labute approximate surface area is 588 Å². The van der Waals surface area contributed by atoms with Crippen molar-refractivity contribution in [3.8, 4) is 0 Å². The first-order valence-electron chi connectivity index (χ1n) is 40.0. The van der Waals surface area contributed by atoms with E-state index in [1.54, 1.807) is 0 Å². The fraction of sp³-hybridized carbons (Fsp3) is 0.948. The van der Waals surface area contributed by atoms with Crippen molar-refractivity contribution in [1.29, 1.82) is 0 Å². The van der Waals surface area contributed by atoms with Crippen molar-refractivity contribution >= 4 is 39.5 Å². The van der Waals surface area contributed by atoms with Crippen molar-refractivity contribution < 1.29 is 80.2 Å². The van der Waals surface area contributed by atoms with Crippen LogP contribution >= 0.6 is 15.6 Å². The van der Waals surface area contributed by atoms with Gasteiger partial charge in [0.25, 0.3) is 0 Å². The second kappa shape index (κ2) is 68.8. The molecule has 0 amide bonds. The number of carbonyl (C=O) groups is 4. The molecule has 0 bridgehead atoms. The van der Waals surface area contributed by atoms with Crippen molar-refractivity contribution in [2.75, 3.05) is 39.6 Å². The minimum absolute atomic E-state index is 0.106. The maximum atomic E-state index is 13.1. The van der Waals surface area contributed by atoms with Crippen LogP contribution in [0.5, 0.6) is 0 Å². The lowest BCUT2D eigenvalue weighted by molar-refractivity contribution is -0.161. The van der Waals surface area contributed by atoms with E-state index in [4.69, 9.17) is 37.0 Å². The normalized spacial score (nSPS) is 14.0. The Kier molecular flexibility index (Phi) is 67.4. The summed E-state index contributed by atoms with van der Waals surface area (Å²) in [7, 11) is -9.91. The van der Waals surface area contributed by atoms with Crippen LogP contribution in [0.2, 0.25) is 0 Å². The number of carbonyl (C=O) groups excluding carboxylic acids is 4. The van der Waals surface area contributed by atoms with E-state index in [1.165, 1.54) is 218 Å². The highest BCUT2D eigenvalue weighted by atomic mass is 31.2. The lowest BCUT2D eigenvalue weighted by atomic mass is 10.0. The molecule has 570 valence electrons. The molecule has 0 saturated carbocycles. The Morgan fingerprint density at radius 2 is 0.479 bits per heavy atom. The minimum Gasteiger partial charge on any atom is -0.462 e. The average molecular weight is 1410 g/mol. The molecule has 0 aliphatic rings. The van der Waals surface area contributed by atoms with Gasteiger partial charge in [-0.1, -0.05) is 350 Å². The van der Waals surface area contributed by atoms with Gasteiger partial charge >= 0.3 is 39.5 Å². The van der Waals surface area contributed by atoms with Gasteiger partial charge < -0.3 is 33.8 Å². The van der Waals surface area contributed by atoms with E-state index in [2.05, 4.69) is 41.5 Å². The average Bonchev–Trinajstić information content (AvgIpc) is 1.41. The highest BCUT2D eigenvalue weighted by Gasteiger charge is 2.30. The van der Waals surface area contributed by atoms with E-state index in [9.17, 15) is 43.2 Å². The zero-order valence-electron chi connectivity index (χ0n) is 62.7. The molecule has 3 N–H and O–H groups in total. The van der Waals surface area contributed by atoms with E-state index in [-0.39, 0.29) is 25.7 Å². The molecule has 0 heterocycles. The van der Waals surface area contributed by atoms with E-state index < -0.39 is 97.5 Å². The molecule has 0 fully saturated rings. The number of hydrogen-bond acceptors (Lipinski definition) is 15. The Bertz CT molecular complexity index is 1860. The Morgan fingerprint density at radius 1 is 0.281 bits per heavy atom. The van der Waals surface area contributed by atoms with Crippen LogP contribution in [0, 0.1) is 11.8 Å². The smallest absolute Gasteiger partial charge is 0.462 e. The van der Waals surface area contributed by atoms with Gasteiger partial charge in [-0.2, -0.15) is 0 Å². The number of esters is 4. The van der Waals surface area contributed by atoms with Gasteiger partial charge in [0.1, 0.15) is 19.3 Å². The van der Waals surface area contributed by atoms with Crippen LogP contribution in [0.4, 0.5) is 0 Å². The number of phosphoric acid groups is 2. The molecular weight excluding hydrogens is 1260 g/mol. The maximum absolute atomic E-state index is 13.1. The third kappa shape index (κ3) is 70.5. The summed E-state index contributed by atoms with van der Waals surface area (Å²) in [5.74, 6) is -0.567. The lowest BCUT2D eigenvalue weighted by Gasteiger charge is -2.21. The first kappa shape index (κ1) is 94.1. The lowest BCUT2D eigenvalue weighted by Crippen LogP contribution is -2.30. The van der Waals surface area contributed by atoms with Crippen LogP contribution in [0.15, 0.2) is 0 Å². The molecule has 0 aromatic heterocycles. The third-order valence-electron chi connectivity index (χ3n) is 18.0. The Balaban J connectivity index is 5.23.